The number of ether oxygens (including phenoxy) is 2. The molecule has 1 aromatic carbocycles. The van der Waals surface area contributed by atoms with Gasteiger partial charge in [0.15, 0.2) is 0 Å². The van der Waals surface area contributed by atoms with E-state index in [1.54, 1.807) is 38.1 Å². The van der Waals surface area contributed by atoms with E-state index in [4.69, 9.17) is 15.2 Å². The van der Waals surface area contributed by atoms with E-state index in [9.17, 15) is 24.0 Å². The normalized spacial score (nSPS) is 13.3. The lowest BCUT2D eigenvalue weighted by molar-refractivity contribution is -0.146. The molecule has 0 aliphatic heterocycles. The number of amides is 4. The summed E-state index contributed by atoms with van der Waals surface area (Å²) in [6.45, 7) is 7.12. The predicted molar refractivity (Wildman–Crippen MR) is 128 cm³/mol. The summed E-state index contributed by atoms with van der Waals surface area (Å²) in [5.41, 5.74) is 6.04. The van der Waals surface area contributed by atoms with Crippen molar-refractivity contribution in [2.75, 3.05) is 7.11 Å². The molecule has 0 saturated carbocycles. The van der Waals surface area contributed by atoms with Gasteiger partial charge in [-0.3, -0.25) is 14.4 Å². The molecule has 0 aliphatic carbocycles. The van der Waals surface area contributed by atoms with Crippen LogP contribution in [-0.2, 0) is 35.3 Å². The topological polar surface area (TPSA) is 166 Å². The largest absolute Gasteiger partial charge is 0.467 e. The lowest BCUT2D eigenvalue weighted by atomic mass is 10.0. The van der Waals surface area contributed by atoms with Gasteiger partial charge in [0.1, 0.15) is 24.7 Å². The summed E-state index contributed by atoms with van der Waals surface area (Å²) in [6, 6.07) is 5.62. The molecule has 11 nitrogen and oxygen atoms in total. The summed E-state index contributed by atoms with van der Waals surface area (Å²) < 4.78 is 9.90. The predicted octanol–water partition coefficient (Wildman–Crippen LogP) is 1.00. The smallest absolute Gasteiger partial charge is 0.408 e. The Morgan fingerprint density at radius 3 is 2.00 bits per heavy atom. The van der Waals surface area contributed by atoms with Crippen LogP contribution in [0, 0.1) is 11.8 Å². The van der Waals surface area contributed by atoms with Crippen molar-refractivity contribution >= 4 is 29.8 Å². The van der Waals surface area contributed by atoms with Crippen molar-refractivity contribution in [1.29, 1.82) is 0 Å². The Balaban J connectivity index is 2.88. The van der Waals surface area contributed by atoms with Gasteiger partial charge in [-0.2, -0.15) is 0 Å². The van der Waals surface area contributed by atoms with Crippen molar-refractivity contribution in [1.82, 2.24) is 16.0 Å². The zero-order chi connectivity index (χ0) is 26.5. The van der Waals surface area contributed by atoms with Crippen LogP contribution in [0.2, 0.25) is 0 Å². The number of nitrogens with two attached hydrogens (primary N) is 1. The third-order valence-electron chi connectivity index (χ3n) is 4.98. The average molecular weight is 493 g/mol. The first-order chi connectivity index (χ1) is 16.4. The van der Waals surface area contributed by atoms with Gasteiger partial charge < -0.3 is 31.2 Å². The second-order valence-electron chi connectivity index (χ2n) is 8.87. The minimum Gasteiger partial charge on any atom is -0.467 e. The third-order valence-corrected chi connectivity index (χ3v) is 4.98. The summed E-state index contributed by atoms with van der Waals surface area (Å²) in [5, 5.41) is 7.44. The van der Waals surface area contributed by atoms with Crippen molar-refractivity contribution in [2.45, 2.75) is 65.3 Å². The molecule has 3 atom stereocenters. The van der Waals surface area contributed by atoms with Crippen molar-refractivity contribution in [2.24, 2.45) is 17.6 Å². The van der Waals surface area contributed by atoms with Crippen molar-refractivity contribution in [3.8, 4) is 0 Å². The quantitative estimate of drug-likeness (QED) is 0.298. The highest BCUT2D eigenvalue weighted by molar-refractivity contribution is 5.95. The van der Waals surface area contributed by atoms with Crippen LogP contribution in [0.4, 0.5) is 4.79 Å². The second kappa shape index (κ2) is 14.6. The van der Waals surface area contributed by atoms with E-state index in [-0.39, 0.29) is 18.4 Å². The number of rotatable bonds is 13. The van der Waals surface area contributed by atoms with E-state index in [1.165, 1.54) is 7.11 Å². The van der Waals surface area contributed by atoms with Gasteiger partial charge in [-0.05, 0) is 23.8 Å². The Morgan fingerprint density at radius 1 is 0.886 bits per heavy atom. The number of benzene rings is 1. The first-order valence-electron chi connectivity index (χ1n) is 11.4. The van der Waals surface area contributed by atoms with Crippen LogP contribution >= 0.6 is 0 Å². The molecule has 0 spiro atoms. The first kappa shape index (κ1) is 29.4. The van der Waals surface area contributed by atoms with Gasteiger partial charge in [-0.25, -0.2) is 9.59 Å². The van der Waals surface area contributed by atoms with Gasteiger partial charge in [0.2, 0.25) is 17.7 Å². The molecule has 0 unspecified atom stereocenters. The van der Waals surface area contributed by atoms with E-state index in [0.717, 1.165) is 5.56 Å². The molecule has 0 aromatic heterocycles. The molecule has 4 amide bonds. The van der Waals surface area contributed by atoms with Crippen LogP contribution < -0.4 is 21.7 Å². The molecular formula is C24H36N4O7. The Morgan fingerprint density at radius 2 is 1.49 bits per heavy atom. The Hall–Kier alpha value is -3.63. The second-order valence-corrected chi connectivity index (χ2v) is 8.87. The summed E-state index contributed by atoms with van der Waals surface area (Å²) in [7, 11) is 1.19. The minimum absolute atomic E-state index is 0.0105. The number of primary amides is 1. The van der Waals surface area contributed by atoms with Gasteiger partial charge in [0, 0.05) is 0 Å². The van der Waals surface area contributed by atoms with Gasteiger partial charge in [-0.15, -0.1) is 0 Å². The number of hydrogen-bond donors (Lipinski definition) is 4. The monoisotopic (exact) mass is 492 g/mol. The highest BCUT2D eigenvalue weighted by Gasteiger charge is 2.32. The molecular weight excluding hydrogens is 456 g/mol. The number of alkyl carbamates (subject to hydrolysis) is 1. The van der Waals surface area contributed by atoms with Crippen LogP contribution in [0.3, 0.4) is 0 Å². The number of nitrogens with one attached hydrogen (secondary N) is 3. The van der Waals surface area contributed by atoms with E-state index in [2.05, 4.69) is 16.0 Å². The van der Waals surface area contributed by atoms with Crippen LogP contribution in [0.5, 0.6) is 0 Å². The van der Waals surface area contributed by atoms with Crippen molar-refractivity contribution < 1.29 is 33.4 Å². The highest BCUT2D eigenvalue weighted by atomic mass is 16.5. The summed E-state index contributed by atoms with van der Waals surface area (Å²) >= 11 is 0. The average Bonchev–Trinajstić information content (AvgIpc) is 2.79. The fourth-order valence-electron chi connectivity index (χ4n) is 3.20. The maximum atomic E-state index is 12.9. The van der Waals surface area contributed by atoms with E-state index < -0.39 is 54.3 Å². The van der Waals surface area contributed by atoms with Gasteiger partial charge in [-0.1, -0.05) is 58.0 Å². The summed E-state index contributed by atoms with van der Waals surface area (Å²) in [4.78, 5) is 61.7. The molecule has 0 aliphatic rings. The summed E-state index contributed by atoms with van der Waals surface area (Å²) in [5.74, 6) is -3.29. The zero-order valence-corrected chi connectivity index (χ0v) is 20.8. The molecule has 1 rings (SSSR count). The Kier molecular flexibility index (Phi) is 12.3. The molecule has 0 heterocycles. The standard InChI is InChI=1S/C24H36N4O7/c1-14(2)11-18(23(32)34-5)27-21(30)17(12-19(25)29)26-22(31)20(15(3)4)28-24(33)35-13-16-9-7-6-8-10-16/h6-10,14-15,17-18,20H,11-13H2,1-5H3,(H2,25,29)(H,26,31)(H,27,30)(H,28,33)/t17-,18+,20-/m1/s1. The number of carbonyl (C=O) groups excluding carboxylic acids is 5. The molecule has 11 heteroatoms. The lowest BCUT2D eigenvalue weighted by Gasteiger charge is -2.26. The van der Waals surface area contributed by atoms with Crippen LogP contribution in [0.25, 0.3) is 0 Å². The lowest BCUT2D eigenvalue weighted by Crippen LogP contribution is -2.57. The fraction of sp³-hybridized carbons (Fsp3) is 0.542. The van der Waals surface area contributed by atoms with E-state index in [0.29, 0.717) is 6.42 Å². The van der Waals surface area contributed by atoms with Crippen LogP contribution in [0.15, 0.2) is 30.3 Å². The molecule has 1 aromatic rings. The molecule has 5 N–H and O–H groups in total. The fourth-order valence-corrected chi connectivity index (χ4v) is 3.20. The van der Waals surface area contributed by atoms with Crippen LogP contribution in [-0.4, -0.2) is 55.0 Å². The van der Waals surface area contributed by atoms with E-state index in [1.807, 2.05) is 19.9 Å². The zero-order valence-electron chi connectivity index (χ0n) is 20.8. The molecule has 194 valence electrons. The number of methoxy groups -OCH3 is 1. The summed E-state index contributed by atoms with van der Waals surface area (Å²) in [6.07, 6.45) is -1.03. The van der Waals surface area contributed by atoms with Gasteiger partial charge in [0.25, 0.3) is 0 Å². The maximum absolute atomic E-state index is 12.9. The molecule has 35 heavy (non-hydrogen) atoms. The Labute approximate surface area is 205 Å². The molecule has 0 bridgehead atoms. The SMILES string of the molecule is COC(=O)[C@H](CC(C)C)NC(=O)[C@@H](CC(N)=O)NC(=O)[C@H](NC(=O)OCc1ccccc1)C(C)C. The molecule has 0 fully saturated rings. The minimum atomic E-state index is -1.36. The molecule has 0 radical (unpaired) electrons. The maximum Gasteiger partial charge on any atom is 0.408 e. The van der Waals surface area contributed by atoms with Crippen molar-refractivity contribution in [3.63, 3.8) is 0 Å². The van der Waals surface area contributed by atoms with Gasteiger partial charge in [0.05, 0.1) is 13.5 Å². The van der Waals surface area contributed by atoms with Gasteiger partial charge >= 0.3 is 12.1 Å². The Bertz CT molecular complexity index is 874. The van der Waals surface area contributed by atoms with Crippen LogP contribution in [0.1, 0.15) is 46.1 Å². The highest BCUT2D eigenvalue weighted by Crippen LogP contribution is 2.09. The number of carbonyl (C=O) groups is 5. The van der Waals surface area contributed by atoms with Crippen molar-refractivity contribution in [3.05, 3.63) is 35.9 Å². The number of esters is 1. The molecule has 0 saturated heterocycles. The third kappa shape index (κ3) is 10.9. The number of hydrogen-bond acceptors (Lipinski definition) is 7. The first-order valence-corrected chi connectivity index (χ1v) is 11.4. The van der Waals surface area contributed by atoms with E-state index >= 15 is 0 Å².